The number of aromatic nitrogens is 1. The van der Waals surface area contributed by atoms with Crippen LogP contribution in [0, 0.1) is 0 Å². The molecular formula is C13H22N4O2S. The average molecular weight is 298 g/mol. The minimum Gasteiger partial charge on any atom is -0.382 e. The van der Waals surface area contributed by atoms with Crippen molar-refractivity contribution < 1.29 is 9.53 Å². The van der Waals surface area contributed by atoms with Crippen molar-refractivity contribution in [3.63, 3.8) is 0 Å². The monoisotopic (exact) mass is 298 g/mol. The summed E-state index contributed by atoms with van der Waals surface area (Å²) in [5.41, 5.74) is 6.37. The number of nitrogen functional groups attached to an aromatic ring is 1. The van der Waals surface area contributed by atoms with Gasteiger partial charge < -0.3 is 20.7 Å². The number of rotatable bonds is 4. The van der Waals surface area contributed by atoms with E-state index in [1.54, 1.807) is 0 Å². The Kier molecular flexibility index (Phi) is 4.82. The van der Waals surface area contributed by atoms with Crippen molar-refractivity contribution in [3.05, 3.63) is 5.56 Å². The zero-order valence-corrected chi connectivity index (χ0v) is 13.0. The van der Waals surface area contributed by atoms with E-state index in [0.717, 1.165) is 24.5 Å². The van der Waals surface area contributed by atoms with E-state index in [9.17, 15) is 4.79 Å². The summed E-state index contributed by atoms with van der Waals surface area (Å²) in [6, 6.07) is 0.0720. The lowest BCUT2D eigenvalue weighted by Gasteiger charge is -2.33. The molecule has 0 aliphatic carbocycles. The van der Waals surface area contributed by atoms with E-state index in [1.165, 1.54) is 11.5 Å². The number of morpholine rings is 1. The molecule has 1 saturated heterocycles. The smallest absolute Gasteiger partial charge is 0.258 e. The molecule has 6 nitrogen and oxygen atoms in total. The van der Waals surface area contributed by atoms with Crippen LogP contribution >= 0.6 is 11.5 Å². The summed E-state index contributed by atoms with van der Waals surface area (Å²) in [5, 5.41) is 3.73. The summed E-state index contributed by atoms with van der Waals surface area (Å²) in [6.45, 7) is 8.16. The van der Waals surface area contributed by atoms with Gasteiger partial charge in [0.2, 0.25) is 0 Å². The number of hydrogen-bond donors (Lipinski definition) is 2. The van der Waals surface area contributed by atoms with Crippen molar-refractivity contribution in [3.8, 4) is 0 Å². The van der Waals surface area contributed by atoms with E-state index in [4.69, 9.17) is 10.5 Å². The number of ether oxygens (including phenoxy) is 1. The average Bonchev–Trinajstić information content (AvgIpc) is 2.80. The lowest BCUT2D eigenvalue weighted by atomic mass is 10.2. The molecule has 1 aliphatic heterocycles. The second-order valence-electron chi connectivity index (χ2n) is 5.22. The molecular weight excluding hydrogens is 276 g/mol. The molecule has 1 aliphatic rings. The van der Waals surface area contributed by atoms with Gasteiger partial charge >= 0.3 is 0 Å². The molecule has 0 saturated carbocycles. The molecule has 7 heteroatoms. The number of anilines is 2. The molecule has 1 amide bonds. The van der Waals surface area contributed by atoms with Crippen LogP contribution in [0.15, 0.2) is 0 Å². The highest BCUT2D eigenvalue weighted by molar-refractivity contribution is 7.11. The number of nitrogens with one attached hydrogen (secondary N) is 1. The summed E-state index contributed by atoms with van der Waals surface area (Å²) >= 11 is 1.29. The first kappa shape index (κ1) is 15.1. The Morgan fingerprint density at radius 2 is 2.40 bits per heavy atom. The predicted molar refractivity (Wildman–Crippen MR) is 81.4 cm³/mol. The lowest BCUT2D eigenvalue weighted by molar-refractivity contribution is 0.0386. The van der Waals surface area contributed by atoms with Gasteiger partial charge in [-0.1, -0.05) is 6.92 Å². The van der Waals surface area contributed by atoms with E-state index < -0.39 is 0 Å². The second kappa shape index (κ2) is 6.41. The Morgan fingerprint density at radius 3 is 3.05 bits per heavy atom. The van der Waals surface area contributed by atoms with E-state index in [1.807, 2.05) is 13.8 Å². The van der Waals surface area contributed by atoms with Crippen LogP contribution in [0.2, 0.25) is 0 Å². The van der Waals surface area contributed by atoms with Crippen molar-refractivity contribution in [2.24, 2.45) is 0 Å². The summed E-state index contributed by atoms with van der Waals surface area (Å²) in [4.78, 5) is 14.4. The minimum absolute atomic E-state index is 0.0720. The molecule has 0 spiro atoms. The third-order valence-electron chi connectivity index (χ3n) is 3.23. The summed E-state index contributed by atoms with van der Waals surface area (Å²) in [6.07, 6.45) is 1.16. The van der Waals surface area contributed by atoms with Crippen LogP contribution in [-0.4, -0.2) is 42.1 Å². The predicted octanol–water partition coefficient (Wildman–Crippen LogP) is 1.48. The normalized spacial score (nSPS) is 19.4. The molecule has 0 radical (unpaired) electrons. The molecule has 1 aromatic rings. The minimum atomic E-state index is -0.152. The molecule has 1 fully saturated rings. The standard InChI is InChI=1S/C13H22N4O2S/c1-4-9-7-17(5-6-19-9)13-10(11(14)16-20-13)12(18)15-8(2)3/h8-9H,4-7H2,1-3H3,(H2,14,16)(H,15,18). The Balaban J connectivity index is 2.22. The number of carbonyl (C=O) groups is 1. The molecule has 20 heavy (non-hydrogen) atoms. The molecule has 1 unspecified atom stereocenters. The van der Waals surface area contributed by atoms with Gasteiger partial charge in [0, 0.05) is 19.1 Å². The maximum absolute atomic E-state index is 12.3. The van der Waals surface area contributed by atoms with Crippen LogP contribution < -0.4 is 16.0 Å². The van der Waals surface area contributed by atoms with Crippen LogP contribution in [0.4, 0.5) is 10.8 Å². The van der Waals surface area contributed by atoms with Crippen LogP contribution in [0.25, 0.3) is 0 Å². The molecule has 0 bridgehead atoms. The van der Waals surface area contributed by atoms with Crippen molar-refractivity contribution in [1.82, 2.24) is 9.69 Å². The van der Waals surface area contributed by atoms with Crippen LogP contribution in [0.3, 0.4) is 0 Å². The summed E-state index contributed by atoms with van der Waals surface area (Å²) in [5.74, 6) is 0.156. The number of nitrogens with two attached hydrogens (primary N) is 1. The topological polar surface area (TPSA) is 80.5 Å². The first-order valence-electron chi connectivity index (χ1n) is 6.95. The van der Waals surface area contributed by atoms with Gasteiger partial charge in [-0.15, -0.1) is 0 Å². The van der Waals surface area contributed by atoms with Crippen LogP contribution in [-0.2, 0) is 4.74 Å². The summed E-state index contributed by atoms with van der Waals surface area (Å²) in [7, 11) is 0. The summed E-state index contributed by atoms with van der Waals surface area (Å²) < 4.78 is 9.81. The number of nitrogens with zero attached hydrogens (tertiary/aromatic N) is 2. The van der Waals surface area contributed by atoms with Gasteiger partial charge in [-0.2, -0.15) is 4.37 Å². The molecule has 0 aromatic carbocycles. The fraction of sp³-hybridized carbons (Fsp3) is 0.692. The largest absolute Gasteiger partial charge is 0.382 e. The van der Waals surface area contributed by atoms with Crippen molar-refractivity contribution >= 4 is 28.3 Å². The molecule has 3 N–H and O–H groups in total. The van der Waals surface area contributed by atoms with E-state index in [-0.39, 0.29) is 18.1 Å². The van der Waals surface area contributed by atoms with Crippen LogP contribution in [0.5, 0.6) is 0 Å². The van der Waals surface area contributed by atoms with Gasteiger partial charge in [-0.3, -0.25) is 4.79 Å². The Hall–Kier alpha value is -1.34. The molecule has 1 atom stereocenters. The quantitative estimate of drug-likeness (QED) is 0.880. The highest BCUT2D eigenvalue weighted by Crippen LogP contribution is 2.32. The van der Waals surface area contributed by atoms with Gasteiger partial charge in [0.05, 0.1) is 12.7 Å². The van der Waals surface area contributed by atoms with Crippen LogP contribution in [0.1, 0.15) is 37.6 Å². The molecule has 1 aromatic heterocycles. The maximum atomic E-state index is 12.3. The lowest BCUT2D eigenvalue weighted by Crippen LogP contribution is -2.43. The Bertz CT molecular complexity index is 475. The van der Waals surface area contributed by atoms with Gasteiger partial charge in [0.25, 0.3) is 5.91 Å². The highest BCUT2D eigenvalue weighted by Gasteiger charge is 2.27. The fourth-order valence-electron chi connectivity index (χ4n) is 2.21. The highest BCUT2D eigenvalue weighted by atomic mass is 32.1. The van der Waals surface area contributed by atoms with Crippen molar-refractivity contribution in [2.45, 2.75) is 39.3 Å². The van der Waals surface area contributed by atoms with Gasteiger partial charge in [0.1, 0.15) is 10.6 Å². The van der Waals surface area contributed by atoms with Gasteiger partial charge in [-0.05, 0) is 31.8 Å². The first-order chi connectivity index (χ1) is 9.52. The van der Waals surface area contributed by atoms with E-state index in [2.05, 4.69) is 21.5 Å². The van der Waals surface area contributed by atoms with Crippen molar-refractivity contribution in [1.29, 1.82) is 0 Å². The fourth-order valence-corrected chi connectivity index (χ4v) is 3.05. The second-order valence-corrected chi connectivity index (χ2v) is 5.98. The number of amides is 1. The maximum Gasteiger partial charge on any atom is 0.258 e. The molecule has 112 valence electrons. The first-order valence-corrected chi connectivity index (χ1v) is 7.72. The SMILES string of the molecule is CCC1CN(c2snc(N)c2C(=O)NC(C)C)CCO1. The van der Waals surface area contributed by atoms with Gasteiger partial charge in [-0.25, -0.2) is 0 Å². The van der Waals surface area contributed by atoms with Crippen molar-refractivity contribution in [2.75, 3.05) is 30.3 Å². The molecule has 2 heterocycles. The van der Waals surface area contributed by atoms with E-state index in [0.29, 0.717) is 18.0 Å². The number of hydrogen-bond acceptors (Lipinski definition) is 6. The van der Waals surface area contributed by atoms with Gasteiger partial charge in [0.15, 0.2) is 5.82 Å². The molecule has 2 rings (SSSR count). The Labute approximate surface area is 123 Å². The number of carbonyl (C=O) groups excluding carboxylic acids is 1. The zero-order valence-electron chi connectivity index (χ0n) is 12.2. The third-order valence-corrected chi connectivity index (χ3v) is 4.15. The third kappa shape index (κ3) is 3.21. The zero-order chi connectivity index (χ0) is 14.7. The van der Waals surface area contributed by atoms with E-state index >= 15 is 0 Å². The Morgan fingerprint density at radius 1 is 1.65 bits per heavy atom.